The number of rotatable bonds is 7. The maximum absolute atomic E-state index is 2.43. The van der Waals surface area contributed by atoms with E-state index < -0.39 is 23.2 Å². The van der Waals surface area contributed by atoms with Gasteiger partial charge in [-0.05, 0) is 0 Å². The van der Waals surface area contributed by atoms with Crippen molar-refractivity contribution in [2.24, 2.45) is 0 Å². The molecule has 0 nitrogen and oxygen atoms in total. The minimum absolute atomic E-state index is 0.349. The first-order valence-electron chi connectivity index (χ1n) is 14.9. The summed E-state index contributed by atoms with van der Waals surface area (Å²) in [6.07, 6.45) is 11.6. The van der Waals surface area contributed by atoms with Crippen molar-refractivity contribution >= 4 is 23.8 Å². The molecule has 0 spiro atoms. The Morgan fingerprint density at radius 2 is 1.23 bits per heavy atom. The zero-order chi connectivity index (χ0) is 29.0. The predicted octanol–water partition coefficient (Wildman–Crippen LogP) is 10.8. The number of hydrogen-bond donors (Lipinski definition) is 0. The van der Waals surface area contributed by atoms with Crippen LogP contribution in [0, 0.1) is 6.92 Å². The van der Waals surface area contributed by atoms with E-state index in [1.807, 2.05) is 0 Å². The molecule has 2 aliphatic carbocycles. The Balaban J connectivity index is 1.55. The topological polar surface area (TPSA) is 0 Å². The third kappa shape index (κ3) is 5.71. The third-order valence-corrected chi connectivity index (χ3v) is 12.1. The van der Waals surface area contributed by atoms with Gasteiger partial charge < -0.3 is 0 Å². The molecule has 43 heavy (non-hydrogen) atoms. The molecule has 0 aromatic heterocycles. The van der Waals surface area contributed by atoms with E-state index in [4.69, 9.17) is 0 Å². The Bertz CT molecular complexity index is 1910. The van der Waals surface area contributed by atoms with Gasteiger partial charge in [0.1, 0.15) is 0 Å². The van der Waals surface area contributed by atoms with Crippen molar-refractivity contribution < 1.29 is 23.2 Å². The van der Waals surface area contributed by atoms with E-state index in [-0.39, 0.29) is 0 Å². The van der Waals surface area contributed by atoms with E-state index in [0.717, 1.165) is 0 Å². The van der Waals surface area contributed by atoms with Crippen LogP contribution in [-0.4, -0.2) is 0 Å². The van der Waals surface area contributed by atoms with Crippen molar-refractivity contribution in [1.82, 2.24) is 0 Å². The molecule has 0 saturated carbocycles. The first-order valence-corrected chi connectivity index (χ1v) is 17.4. The van der Waals surface area contributed by atoms with Crippen LogP contribution in [0.5, 0.6) is 0 Å². The maximum atomic E-state index is 2.43. The van der Waals surface area contributed by atoms with Gasteiger partial charge in [-0.15, -0.1) is 0 Å². The van der Waals surface area contributed by atoms with Gasteiger partial charge in [0.05, 0.1) is 0 Å². The molecule has 5 aromatic carbocycles. The molecule has 2 aliphatic rings. The molecular weight excluding hydrogens is 596 g/mol. The van der Waals surface area contributed by atoms with E-state index in [1.165, 1.54) is 58.9 Å². The zero-order valence-corrected chi connectivity index (χ0v) is 26.7. The van der Waals surface area contributed by atoms with Crippen molar-refractivity contribution in [3.8, 4) is 0 Å². The van der Waals surface area contributed by atoms with Gasteiger partial charge in [-0.1, -0.05) is 0 Å². The van der Waals surface area contributed by atoms with Crippen molar-refractivity contribution in [2.45, 2.75) is 12.8 Å². The normalized spacial score (nSPS) is 16.0. The summed E-state index contributed by atoms with van der Waals surface area (Å²) in [6, 6.07) is 51.0. The van der Waals surface area contributed by atoms with Gasteiger partial charge in [0.2, 0.25) is 0 Å². The van der Waals surface area contributed by atoms with Crippen LogP contribution >= 0.6 is 0 Å². The van der Waals surface area contributed by atoms with Gasteiger partial charge >= 0.3 is 268 Å². The second-order valence-corrected chi connectivity index (χ2v) is 14.2. The van der Waals surface area contributed by atoms with Crippen LogP contribution in [0.4, 0.5) is 0 Å². The van der Waals surface area contributed by atoms with Crippen LogP contribution in [0.3, 0.4) is 0 Å². The molecule has 7 rings (SSSR count). The molecule has 0 aliphatic heterocycles. The van der Waals surface area contributed by atoms with Gasteiger partial charge in [0.25, 0.3) is 0 Å². The molecule has 0 radical (unpaired) electrons. The Kier molecular flexibility index (Phi) is 8.00. The van der Waals surface area contributed by atoms with Crippen LogP contribution in [0.1, 0.15) is 44.9 Å². The molecule has 0 amide bonds. The molecule has 0 fully saturated rings. The molecule has 204 valence electrons. The fraction of sp³-hybridized carbons (Fsp3) is 0.0476. The summed E-state index contributed by atoms with van der Waals surface area (Å²) in [5, 5.41) is 0. The Labute approximate surface area is 266 Å². The average molecular weight is 628 g/mol. The molecule has 1 unspecified atom stereocenters. The number of fused-ring (bicyclic) bond motifs is 3. The van der Waals surface area contributed by atoms with Crippen LogP contribution in [0.2, 0.25) is 0 Å². The summed E-state index contributed by atoms with van der Waals surface area (Å²) in [7, 11) is 0. The van der Waals surface area contributed by atoms with Crippen molar-refractivity contribution in [1.29, 1.82) is 0 Å². The fourth-order valence-corrected chi connectivity index (χ4v) is 10.4. The van der Waals surface area contributed by atoms with Gasteiger partial charge in [0.15, 0.2) is 0 Å². The number of hydrogen-bond acceptors (Lipinski definition) is 0. The van der Waals surface area contributed by atoms with Gasteiger partial charge in [-0.2, -0.15) is 0 Å². The monoisotopic (exact) mass is 626 g/mol. The van der Waals surface area contributed by atoms with Crippen LogP contribution in [-0.2, 0) is 23.2 Å². The molecule has 1 atom stereocenters. The Morgan fingerprint density at radius 1 is 0.628 bits per heavy atom. The Hall–Kier alpha value is -4.32. The SMILES string of the molecule is Cc1ccc2c(c1)[C]([Zr][C](=C(C(=Cc1ccccc1)c1ccccc1)c1ccccc1)c1ccccc1)=C1C=CC=CC12. The zero-order valence-electron chi connectivity index (χ0n) is 24.2. The van der Waals surface area contributed by atoms with Gasteiger partial charge in [0, 0.05) is 0 Å². The number of allylic oxidation sites excluding steroid dienone is 7. The number of benzene rings is 5. The summed E-state index contributed by atoms with van der Waals surface area (Å²) in [6.45, 7) is 2.22. The fourth-order valence-electron chi connectivity index (χ4n) is 6.19. The van der Waals surface area contributed by atoms with Crippen LogP contribution < -0.4 is 0 Å². The number of aryl methyl sites for hydroxylation is 1. The van der Waals surface area contributed by atoms with Crippen LogP contribution in [0.15, 0.2) is 169 Å². The van der Waals surface area contributed by atoms with E-state index in [9.17, 15) is 0 Å². The van der Waals surface area contributed by atoms with Crippen molar-refractivity contribution in [3.63, 3.8) is 0 Å². The average Bonchev–Trinajstić information content (AvgIpc) is 3.38. The standard InChI is InChI=1S/C28H21.C14H11.Zr/c1-5-13-23(14-6-1)21-27(25-17-9-3-10-18-25)28(26-19-11-4-12-20-26)22-24-15-7-2-8-16-24;1-10-6-7-14-12(8-10)9-11-4-2-3-5-13(11)14;/h1-21H;2-8,13H,1H3;. The van der Waals surface area contributed by atoms with Gasteiger partial charge in [-0.25, -0.2) is 0 Å². The summed E-state index contributed by atoms with van der Waals surface area (Å²) >= 11 is -1.39. The van der Waals surface area contributed by atoms with E-state index in [0.29, 0.717) is 5.92 Å². The first-order chi connectivity index (χ1) is 21.3. The van der Waals surface area contributed by atoms with E-state index in [1.54, 1.807) is 3.28 Å². The summed E-state index contributed by atoms with van der Waals surface area (Å²) in [5.41, 5.74) is 13.4. The van der Waals surface area contributed by atoms with Gasteiger partial charge in [-0.3, -0.25) is 0 Å². The molecule has 0 bridgehead atoms. The van der Waals surface area contributed by atoms with Crippen LogP contribution in [0.25, 0.3) is 23.8 Å². The molecule has 1 heteroatoms. The molecule has 5 aromatic rings. The first kappa shape index (κ1) is 27.5. The molecule has 0 saturated heterocycles. The molecule has 0 N–H and O–H groups in total. The second-order valence-electron chi connectivity index (χ2n) is 11.1. The quantitative estimate of drug-likeness (QED) is 0.124. The van der Waals surface area contributed by atoms with E-state index >= 15 is 0 Å². The summed E-state index contributed by atoms with van der Waals surface area (Å²) in [4.78, 5) is 0. The minimum atomic E-state index is -1.39. The molecule has 0 heterocycles. The molecular formula is C42H32Zr. The van der Waals surface area contributed by atoms with E-state index in [2.05, 4.69) is 177 Å². The van der Waals surface area contributed by atoms with Crippen molar-refractivity contribution in [3.05, 3.63) is 208 Å². The van der Waals surface area contributed by atoms with Crippen molar-refractivity contribution in [2.75, 3.05) is 0 Å². The third-order valence-electron chi connectivity index (χ3n) is 8.22. The predicted molar refractivity (Wildman–Crippen MR) is 180 cm³/mol. The Morgan fingerprint density at radius 3 is 1.91 bits per heavy atom. The summed E-state index contributed by atoms with van der Waals surface area (Å²) < 4.78 is 3.09. The second kappa shape index (κ2) is 12.5. The summed E-state index contributed by atoms with van der Waals surface area (Å²) in [5.74, 6) is 0.349.